The molecule has 2 N–H and O–H groups in total. The first-order valence-electron chi connectivity index (χ1n) is 14.2. The van der Waals surface area contributed by atoms with Crippen LogP contribution in [0.25, 0.3) is 0 Å². The standard InChI is InChI=1S/C29H51NO4S/c1-2-3-4-5-6-7-8-10-13-17-22-27(29(31)32)23-18-14-11-9-12-15-21-26-30-35(33,34)28-24-19-16-20-25-28/h16,19-20,24-25,27,30H,2-15,17-18,21-23,26H2,1H3,(H,31,32). The Hall–Kier alpha value is -1.40. The SMILES string of the molecule is CCCCCCCCCCCCC(CCCCCCCCCNS(=O)(=O)c1ccccc1)C(=O)O. The molecule has 5 nitrogen and oxygen atoms in total. The zero-order chi connectivity index (χ0) is 25.6. The summed E-state index contributed by atoms with van der Waals surface area (Å²) in [5.74, 6) is -0.805. The summed E-state index contributed by atoms with van der Waals surface area (Å²) in [4.78, 5) is 11.9. The van der Waals surface area contributed by atoms with Crippen LogP contribution in [-0.4, -0.2) is 26.0 Å². The maximum Gasteiger partial charge on any atom is 0.306 e. The highest BCUT2D eigenvalue weighted by Gasteiger charge is 2.16. The molecule has 0 heterocycles. The molecule has 0 aliphatic carbocycles. The first-order chi connectivity index (χ1) is 17.0. The number of benzene rings is 1. The molecule has 202 valence electrons. The fourth-order valence-electron chi connectivity index (χ4n) is 4.56. The Bertz CT molecular complexity index is 736. The van der Waals surface area contributed by atoms with E-state index in [9.17, 15) is 18.3 Å². The van der Waals surface area contributed by atoms with E-state index >= 15 is 0 Å². The van der Waals surface area contributed by atoms with Gasteiger partial charge in [-0.1, -0.05) is 128 Å². The van der Waals surface area contributed by atoms with Gasteiger partial charge in [0.2, 0.25) is 10.0 Å². The number of nitrogens with one attached hydrogen (secondary N) is 1. The van der Waals surface area contributed by atoms with Crippen molar-refractivity contribution in [1.82, 2.24) is 4.72 Å². The van der Waals surface area contributed by atoms with Crippen LogP contribution in [0.15, 0.2) is 35.2 Å². The molecule has 0 bridgehead atoms. The number of unbranched alkanes of at least 4 members (excludes halogenated alkanes) is 15. The van der Waals surface area contributed by atoms with Gasteiger partial charge in [-0.2, -0.15) is 0 Å². The normalized spacial score (nSPS) is 12.6. The lowest BCUT2D eigenvalue weighted by Gasteiger charge is -2.12. The van der Waals surface area contributed by atoms with E-state index in [0.717, 1.165) is 64.2 Å². The minimum Gasteiger partial charge on any atom is -0.481 e. The van der Waals surface area contributed by atoms with Crippen molar-refractivity contribution >= 4 is 16.0 Å². The monoisotopic (exact) mass is 509 g/mol. The Morgan fingerprint density at radius 3 is 1.60 bits per heavy atom. The molecule has 1 rings (SSSR count). The number of aliphatic carboxylic acids is 1. The van der Waals surface area contributed by atoms with Gasteiger partial charge in [-0.25, -0.2) is 13.1 Å². The Kier molecular flexibility index (Phi) is 18.8. The molecule has 35 heavy (non-hydrogen) atoms. The molecule has 1 aromatic carbocycles. The second kappa shape index (κ2) is 20.8. The zero-order valence-corrected chi connectivity index (χ0v) is 23.0. The molecule has 0 amide bonds. The van der Waals surface area contributed by atoms with E-state index in [2.05, 4.69) is 11.6 Å². The molecule has 0 radical (unpaired) electrons. The summed E-state index contributed by atoms with van der Waals surface area (Å²) in [5.41, 5.74) is 0. The highest BCUT2D eigenvalue weighted by atomic mass is 32.2. The summed E-state index contributed by atoms with van der Waals surface area (Å²) in [6.07, 6.45) is 21.7. The molecular weight excluding hydrogens is 458 g/mol. The molecule has 1 unspecified atom stereocenters. The lowest BCUT2D eigenvalue weighted by Crippen LogP contribution is -2.24. The van der Waals surface area contributed by atoms with Crippen molar-refractivity contribution < 1.29 is 18.3 Å². The molecular formula is C29H51NO4S. The molecule has 0 aliphatic rings. The lowest BCUT2D eigenvalue weighted by atomic mass is 9.94. The average Bonchev–Trinajstić information content (AvgIpc) is 2.85. The second-order valence-electron chi connectivity index (χ2n) is 9.98. The number of hydrogen-bond donors (Lipinski definition) is 2. The molecule has 0 aliphatic heterocycles. The van der Waals surface area contributed by atoms with Crippen molar-refractivity contribution in [3.8, 4) is 0 Å². The second-order valence-corrected chi connectivity index (χ2v) is 11.7. The fourth-order valence-corrected chi connectivity index (χ4v) is 5.65. The molecule has 6 heteroatoms. The Morgan fingerprint density at radius 2 is 1.14 bits per heavy atom. The van der Waals surface area contributed by atoms with E-state index < -0.39 is 16.0 Å². The summed E-state index contributed by atoms with van der Waals surface area (Å²) in [6.45, 7) is 2.72. The largest absolute Gasteiger partial charge is 0.481 e. The number of carbonyl (C=O) groups is 1. The van der Waals surface area contributed by atoms with E-state index in [1.165, 1.54) is 57.8 Å². The maximum absolute atomic E-state index is 12.2. The van der Waals surface area contributed by atoms with Crippen LogP contribution in [-0.2, 0) is 14.8 Å². The third kappa shape index (κ3) is 16.8. The first-order valence-corrected chi connectivity index (χ1v) is 15.7. The quantitative estimate of drug-likeness (QED) is 0.138. The minimum absolute atomic E-state index is 0.179. The van der Waals surface area contributed by atoms with Crippen molar-refractivity contribution in [2.75, 3.05) is 6.54 Å². The van der Waals surface area contributed by atoms with Gasteiger partial charge >= 0.3 is 5.97 Å². The van der Waals surface area contributed by atoms with Gasteiger partial charge in [-0.3, -0.25) is 4.79 Å². The Labute approximate surface area is 215 Å². The predicted octanol–water partition coefficient (Wildman–Crippen LogP) is 8.10. The van der Waals surface area contributed by atoms with E-state index in [1.807, 2.05) is 0 Å². The van der Waals surface area contributed by atoms with Gasteiger partial charge in [0.25, 0.3) is 0 Å². The van der Waals surface area contributed by atoms with Crippen molar-refractivity contribution in [1.29, 1.82) is 0 Å². The number of rotatable bonds is 24. The minimum atomic E-state index is -3.40. The van der Waals surface area contributed by atoms with Crippen LogP contribution >= 0.6 is 0 Å². The van der Waals surface area contributed by atoms with Crippen LogP contribution < -0.4 is 4.72 Å². The van der Waals surface area contributed by atoms with Crippen LogP contribution in [0.4, 0.5) is 0 Å². The maximum atomic E-state index is 12.2. The van der Waals surface area contributed by atoms with Crippen LogP contribution in [0.3, 0.4) is 0 Å². The number of carboxylic acids is 1. The molecule has 1 aromatic rings. The van der Waals surface area contributed by atoms with Gasteiger partial charge in [0.05, 0.1) is 10.8 Å². The van der Waals surface area contributed by atoms with Gasteiger partial charge in [0.1, 0.15) is 0 Å². The number of sulfonamides is 1. The molecule has 0 aromatic heterocycles. The molecule has 0 saturated heterocycles. The molecule has 1 atom stereocenters. The van der Waals surface area contributed by atoms with Crippen molar-refractivity contribution in [3.05, 3.63) is 30.3 Å². The van der Waals surface area contributed by atoms with Gasteiger partial charge in [0, 0.05) is 6.54 Å². The lowest BCUT2D eigenvalue weighted by molar-refractivity contribution is -0.142. The number of carboxylic acid groups (broad SMARTS) is 1. The summed E-state index contributed by atoms with van der Waals surface area (Å²) in [5, 5.41) is 9.52. The van der Waals surface area contributed by atoms with Crippen LogP contribution in [0.1, 0.15) is 129 Å². The Morgan fingerprint density at radius 1 is 0.714 bits per heavy atom. The fraction of sp³-hybridized carbons (Fsp3) is 0.759. The van der Waals surface area contributed by atoms with Gasteiger partial charge < -0.3 is 5.11 Å². The summed E-state index contributed by atoms with van der Waals surface area (Å²) >= 11 is 0. The van der Waals surface area contributed by atoms with E-state index in [4.69, 9.17) is 0 Å². The Balaban J connectivity index is 1.96. The molecule has 0 spiro atoms. The van der Waals surface area contributed by atoms with Crippen LogP contribution in [0.2, 0.25) is 0 Å². The van der Waals surface area contributed by atoms with Crippen molar-refractivity contribution in [3.63, 3.8) is 0 Å². The van der Waals surface area contributed by atoms with E-state index in [1.54, 1.807) is 30.3 Å². The zero-order valence-electron chi connectivity index (χ0n) is 22.2. The topological polar surface area (TPSA) is 83.5 Å². The average molecular weight is 510 g/mol. The molecule has 0 fully saturated rings. The summed E-state index contributed by atoms with van der Waals surface area (Å²) in [6, 6.07) is 8.47. The third-order valence-electron chi connectivity index (χ3n) is 6.83. The third-order valence-corrected chi connectivity index (χ3v) is 8.31. The van der Waals surface area contributed by atoms with Crippen molar-refractivity contribution in [2.24, 2.45) is 5.92 Å². The summed E-state index contributed by atoms with van der Waals surface area (Å²) in [7, 11) is -3.40. The number of hydrogen-bond acceptors (Lipinski definition) is 3. The summed E-state index contributed by atoms with van der Waals surface area (Å²) < 4.78 is 27.0. The van der Waals surface area contributed by atoms with Gasteiger partial charge in [0.15, 0.2) is 0 Å². The van der Waals surface area contributed by atoms with Crippen LogP contribution in [0.5, 0.6) is 0 Å². The van der Waals surface area contributed by atoms with Crippen molar-refractivity contribution in [2.45, 2.75) is 134 Å². The molecule has 0 saturated carbocycles. The highest BCUT2D eigenvalue weighted by Crippen LogP contribution is 2.20. The smallest absolute Gasteiger partial charge is 0.306 e. The predicted molar refractivity (Wildman–Crippen MR) is 146 cm³/mol. The van der Waals surface area contributed by atoms with Crippen LogP contribution in [0, 0.1) is 5.92 Å². The van der Waals surface area contributed by atoms with Gasteiger partial charge in [-0.05, 0) is 31.4 Å². The van der Waals surface area contributed by atoms with Gasteiger partial charge in [-0.15, -0.1) is 0 Å². The first kappa shape index (κ1) is 31.6. The van der Waals surface area contributed by atoms with E-state index in [-0.39, 0.29) is 5.92 Å². The van der Waals surface area contributed by atoms with E-state index in [0.29, 0.717) is 11.4 Å². The highest BCUT2D eigenvalue weighted by molar-refractivity contribution is 7.89.